The summed E-state index contributed by atoms with van der Waals surface area (Å²) in [5, 5.41) is 14.5. The van der Waals surface area contributed by atoms with Crippen LogP contribution >= 0.6 is 0 Å². The molecule has 1 fully saturated rings. The van der Waals surface area contributed by atoms with E-state index in [0.29, 0.717) is 19.1 Å². The number of amides is 1. The molecule has 0 bridgehead atoms. The average molecular weight is 468 g/mol. The number of nitrogens with one attached hydrogen (secondary N) is 2. The van der Waals surface area contributed by atoms with Crippen molar-refractivity contribution in [3.63, 3.8) is 0 Å². The van der Waals surface area contributed by atoms with Gasteiger partial charge in [0.15, 0.2) is 0 Å². The standard InChI is InChI=1S/C28H41N3O3/c1-23-11-7-8-19-31(23)20-10-18-29-21-24(12-3-2-4-17-28(32)30-33)22-34-27-16-9-14-25-13-5-6-15-26(25)27/h5-6,9,12-16,23,29,33H,2-4,7-8,10-11,17-22H2,1H3,(H,30,32). The molecule has 1 aliphatic rings. The van der Waals surface area contributed by atoms with Crippen LogP contribution in [0, 0.1) is 0 Å². The SMILES string of the molecule is CC1CCCCN1CCCNCC(=CCCCCC(=O)NO)COc1cccc2ccccc12. The van der Waals surface area contributed by atoms with E-state index < -0.39 is 0 Å². The Morgan fingerprint density at radius 1 is 1.15 bits per heavy atom. The molecule has 0 saturated carbocycles. The maximum absolute atomic E-state index is 11.2. The molecule has 1 aliphatic heterocycles. The third kappa shape index (κ3) is 8.75. The van der Waals surface area contributed by atoms with Gasteiger partial charge >= 0.3 is 0 Å². The van der Waals surface area contributed by atoms with Crippen LogP contribution in [0.5, 0.6) is 5.75 Å². The molecule has 186 valence electrons. The largest absolute Gasteiger partial charge is 0.489 e. The van der Waals surface area contributed by atoms with E-state index in [2.05, 4.69) is 41.4 Å². The van der Waals surface area contributed by atoms with Crippen LogP contribution in [-0.4, -0.2) is 54.8 Å². The van der Waals surface area contributed by atoms with Crippen molar-refractivity contribution in [2.24, 2.45) is 0 Å². The topological polar surface area (TPSA) is 73.8 Å². The van der Waals surface area contributed by atoms with Gasteiger partial charge in [-0.3, -0.25) is 10.0 Å². The van der Waals surface area contributed by atoms with Gasteiger partial charge in [0.25, 0.3) is 0 Å². The van der Waals surface area contributed by atoms with Gasteiger partial charge in [0, 0.05) is 24.4 Å². The first-order valence-corrected chi connectivity index (χ1v) is 12.8. The number of nitrogens with zero attached hydrogens (tertiary/aromatic N) is 1. The molecule has 34 heavy (non-hydrogen) atoms. The fourth-order valence-electron chi connectivity index (χ4n) is 4.61. The number of hydrogen-bond donors (Lipinski definition) is 3. The van der Waals surface area contributed by atoms with Gasteiger partial charge in [-0.15, -0.1) is 0 Å². The summed E-state index contributed by atoms with van der Waals surface area (Å²) in [6.07, 6.45) is 10.3. The molecule has 1 heterocycles. The Morgan fingerprint density at radius 3 is 2.85 bits per heavy atom. The van der Waals surface area contributed by atoms with Gasteiger partial charge in [-0.25, -0.2) is 5.48 Å². The highest BCUT2D eigenvalue weighted by Crippen LogP contribution is 2.25. The highest BCUT2D eigenvalue weighted by Gasteiger charge is 2.17. The van der Waals surface area contributed by atoms with Gasteiger partial charge < -0.3 is 15.0 Å². The third-order valence-electron chi connectivity index (χ3n) is 6.67. The Balaban J connectivity index is 1.48. The van der Waals surface area contributed by atoms with Gasteiger partial charge in [0.2, 0.25) is 5.91 Å². The second-order valence-electron chi connectivity index (χ2n) is 9.32. The van der Waals surface area contributed by atoms with Crippen molar-refractivity contribution in [2.75, 3.05) is 32.8 Å². The number of fused-ring (bicyclic) bond motifs is 1. The number of hydrogen-bond acceptors (Lipinski definition) is 5. The lowest BCUT2D eigenvalue weighted by molar-refractivity contribution is -0.129. The number of piperidine rings is 1. The van der Waals surface area contributed by atoms with Gasteiger partial charge in [0.1, 0.15) is 12.4 Å². The summed E-state index contributed by atoms with van der Waals surface area (Å²) in [4.78, 5) is 13.8. The number of carbonyl (C=O) groups excluding carboxylic acids is 1. The molecular weight excluding hydrogens is 426 g/mol. The van der Waals surface area contributed by atoms with Crippen molar-refractivity contribution >= 4 is 16.7 Å². The Labute approximate surface area is 204 Å². The minimum atomic E-state index is -0.326. The molecule has 1 saturated heterocycles. The number of carbonyl (C=O) groups is 1. The number of allylic oxidation sites excluding steroid dienone is 1. The van der Waals surface area contributed by atoms with Crippen molar-refractivity contribution in [3.05, 3.63) is 54.1 Å². The first-order valence-electron chi connectivity index (χ1n) is 12.8. The molecule has 0 radical (unpaired) electrons. The van der Waals surface area contributed by atoms with Gasteiger partial charge in [-0.2, -0.15) is 0 Å². The molecule has 0 aromatic heterocycles. The first kappa shape index (κ1) is 26.2. The summed E-state index contributed by atoms with van der Waals surface area (Å²) in [5.41, 5.74) is 2.92. The molecule has 2 aromatic rings. The van der Waals surface area contributed by atoms with E-state index in [1.165, 1.54) is 36.8 Å². The zero-order valence-electron chi connectivity index (χ0n) is 20.6. The maximum Gasteiger partial charge on any atom is 0.243 e. The van der Waals surface area contributed by atoms with Crippen LogP contribution in [0.2, 0.25) is 0 Å². The van der Waals surface area contributed by atoms with E-state index in [1.54, 1.807) is 5.48 Å². The molecule has 6 nitrogen and oxygen atoms in total. The van der Waals surface area contributed by atoms with E-state index >= 15 is 0 Å². The smallest absolute Gasteiger partial charge is 0.243 e. The first-order chi connectivity index (χ1) is 16.7. The Hall–Kier alpha value is -2.41. The number of rotatable bonds is 14. The lowest BCUT2D eigenvalue weighted by Crippen LogP contribution is -2.39. The fraction of sp³-hybridized carbons (Fsp3) is 0.536. The Bertz CT molecular complexity index is 909. The normalized spacial score (nSPS) is 17.1. The lowest BCUT2D eigenvalue weighted by Gasteiger charge is -2.33. The molecule has 3 N–H and O–H groups in total. The van der Waals surface area contributed by atoms with Crippen LogP contribution in [0.3, 0.4) is 0 Å². The van der Waals surface area contributed by atoms with Crippen LogP contribution in [0.4, 0.5) is 0 Å². The molecule has 1 amide bonds. The van der Waals surface area contributed by atoms with Crippen molar-refractivity contribution < 1.29 is 14.7 Å². The van der Waals surface area contributed by atoms with Crippen LogP contribution < -0.4 is 15.5 Å². The van der Waals surface area contributed by atoms with Crippen LogP contribution in [0.1, 0.15) is 58.3 Å². The predicted molar refractivity (Wildman–Crippen MR) is 138 cm³/mol. The summed E-state index contributed by atoms with van der Waals surface area (Å²) >= 11 is 0. The second-order valence-corrected chi connectivity index (χ2v) is 9.32. The summed E-state index contributed by atoms with van der Waals surface area (Å²) in [5.74, 6) is 0.580. The van der Waals surface area contributed by atoms with E-state index in [9.17, 15) is 4.79 Å². The minimum absolute atomic E-state index is 0.326. The summed E-state index contributed by atoms with van der Waals surface area (Å²) in [7, 11) is 0. The highest BCUT2D eigenvalue weighted by atomic mass is 16.5. The number of unbranched alkanes of at least 4 members (excludes halogenated alkanes) is 2. The van der Waals surface area contributed by atoms with Gasteiger partial charge in [-0.05, 0) is 82.1 Å². The molecule has 1 atom stereocenters. The van der Waals surface area contributed by atoms with Gasteiger partial charge in [-0.1, -0.05) is 48.9 Å². The van der Waals surface area contributed by atoms with Crippen molar-refractivity contribution in [1.82, 2.24) is 15.7 Å². The molecular formula is C28H41N3O3. The molecule has 2 aromatic carbocycles. The number of ether oxygens (including phenoxy) is 1. The Kier molecular flexibility index (Phi) is 11.4. The zero-order chi connectivity index (χ0) is 24.0. The van der Waals surface area contributed by atoms with Crippen LogP contribution in [0.25, 0.3) is 10.8 Å². The molecule has 0 aliphatic carbocycles. The van der Waals surface area contributed by atoms with Crippen molar-refractivity contribution in [1.29, 1.82) is 0 Å². The average Bonchev–Trinajstić information content (AvgIpc) is 2.87. The van der Waals surface area contributed by atoms with E-state index in [4.69, 9.17) is 9.94 Å². The second kappa shape index (κ2) is 14.8. The third-order valence-corrected chi connectivity index (χ3v) is 6.67. The zero-order valence-corrected chi connectivity index (χ0v) is 20.6. The number of likely N-dealkylation sites (tertiary alicyclic amines) is 1. The van der Waals surface area contributed by atoms with Crippen molar-refractivity contribution in [3.8, 4) is 5.75 Å². The summed E-state index contributed by atoms with van der Waals surface area (Å²) in [6.45, 7) is 7.08. The van der Waals surface area contributed by atoms with E-state index in [-0.39, 0.29) is 5.91 Å². The molecule has 1 unspecified atom stereocenters. The summed E-state index contributed by atoms with van der Waals surface area (Å²) in [6, 6.07) is 15.2. The highest BCUT2D eigenvalue weighted by molar-refractivity contribution is 5.88. The fourth-order valence-corrected chi connectivity index (χ4v) is 4.61. The quantitative estimate of drug-likeness (QED) is 0.157. The van der Waals surface area contributed by atoms with E-state index in [0.717, 1.165) is 56.5 Å². The monoisotopic (exact) mass is 467 g/mol. The minimum Gasteiger partial charge on any atom is -0.489 e. The number of hydroxylamine groups is 1. The van der Waals surface area contributed by atoms with Crippen LogP contribution in [0.15, 0.2) is 54.1 Å². The summed E-state index contributed by atoms with van der Waals surface area (Å²) < 4.78 is 6.25. The molecule has 6 heteroatoms. The maximum atomic E-state index is 11.2. The van der Waals surface area contributed by atoms with Gasteiger partial charge in [0.05, 0.1) is 0 Å². The van der Waals surface area contributed by atoms with Crippen molar-refractivity contribution in [2.45, 2.75) is 64.3 Å². The molecule has 0 spiro atoms. The Morgan fingerprint density at radius 2 is 2.00 bits per heavy atom. The predicted octanol–water partition coefficient (Wildman–Crippen LogP) is 5.06. The van der Waals surface area contributed by atoms with E-state index in [1.807, 2.05) is 24.3 Å². The molecule has 3 rings (SSSR count). The lowest BCUT2D eigenvalue weighted by atomic mass is 10.0. The number of benzene rings is 2. The van der Waals surface area contributed by atoms with Crippen LogP contribution in [-0.2, 0) is 4.79 Å².